The summed E-state index contributed by atoms with van der Waals surface area (Å²) in [5.41, 5.74) is 0. The molecule has 1 aliphatic rings. The number of fused-ring (bicyclic) bond motifs is 1. The fraction of sp³-hybridized carbons (Fsp3) is 0.375. The molecular formula is C8H9I2NS. The van der Waals surface area contributed by atoms with Gasteiger partial charge in [-0.05, 0) is 6.07 Å². The van der Waals surface area contributed by atoms with E-state index in [2.05, 4.69) is 51.6 Å². The molecule has 2 heterocycles. The second kappa shape index (κ2) is 4.99. The summed E-state index contributed by atoms with van der Waals surface area (Å²) in [7, 11) is 0. The zero-order valence-corrected chi connectivity index (χ0v) is 11.5. The van der Waals surface area contributed by atoms with Gasteiger partial charge in [-0.2, -0.15) is 4.57 Å². The van der Waals surface area contributed by atoms with Gasteiger partial charge in [0, 0.05) is 12.1 Å². The van der Waals surface area contributed by atoms with Crippen molar-refractivity contribution >= 4 is 34.4 Å². The van der Waals surface area contributed by atoms with Crippen LogP contribution in [0.3, 0.4) is 0 Å². The van der Waals surface area contributed by atoms with Crippen LogP contribution in [-0.2, 0) is 0 Å². The Morgan fingerprint density at radius 2 is 2.42 bits per heavy atom. The molecular weight excluding hydrogens is 396 g/mol. The van der Waals surface area contributed by atoms with Crippen molar-refractivity contribution in [3.63, 3.8) is 0 Å². The van der Waals surface area contributed by atoms with Crippen LogP contribution in [-0.4, -0.2) is 10.2 Å². The molecule has 0 spiro atoms. The minimum Gasteiger partial charge on any atom is -1.00 e. The summed E-state index contributed by atoms with van der Waals surface area (Å²) in [4.78, 5) is 0. The van der Waals surface area contributed by atoms with Crippen LogP contribution >= 0.6 is 34.4 Å². The average molecular weight is 405 g/mol. The molecule has 1 aromatic heterocycles. The van der Waals surface area contributed by atoms with Crippen LogP contribution in [0.25, 0.3) is 0 Å². The van der Waals surface area contributed by atoms with Gasteiger partial charge in [0.15, 0.2) is 12.2 Å². The van der Waals surface area contributed by atoms with Crippen molar-refractivity contribution in [1.29, 1.82) is 0 Å². The minimum atomic E-state index is 0. The van der Waals surface area contributed by atoms with E-state index in [-0.39, 0.29) is 24.0 Å². The molecule has 2 rings (SSSR count). The summed E-state index contributed by atoms with van der Waals surface area (Å²) in [5.74, 6) is 1.24. The van der Waals surface area contributed by atoms with E-state index in [4.69, 9.17) is 0 Å². The molecule has 0 aromatic carbocycles. The quantitative estimate of drug-likeness (QED) is 0.332. The highest BCUT2D eigenvalue weighted by atomic mass is 127. The Labute approximate surface area is 107 Å². The fourth-order valence-electron chi connectivity index (χ4n) is 1.24. The zero-order chi connectivity index (χ0) is 7.68. The molecule has 0 radical (unpaired) electrons. The van der Waals surface area contributed by atoms with E-state index in [1.807, 2.05) is 11.8 Å². The van der Waals surface area contributed by atoms with Gasteiger partial charge in [-0.1, -0.05) is 34.4 Å². The highest BCUT2D eigenvalue weighted by Crippen LogP contribution is 2.26. The maximum Gasteiger partial charge on any atom is 0.240 e. The number of pyridine rings is 1. The van der Waals surface area contributed by atoms with Gasteiger partial charge in [0.25, 0.3) is 0 Å². The number of hydrogen-bond acceptors (Lipinski definition) is 1. The Morgan fingerprint density at radius 3 is 3.17 bits per heavy atom. The fourth-order valence-corrected chi connectivity index (χ4v) is 3.58. The van der Waals surface area contributed by atoms with Gasteiger partial charge in [-0.3, -0.25) is 0 Å². The SMILES string of the molecule is ICC1CSc2cccc[n+]21.[I-]. The van der Waals surface area contributed by atoms with Crippen LogP contribution in [0.5, 0.6) is 0 Å². The van der Waals surface area contributed by atoms with Gasteiger partial charge in [0.2, 0.25) is 5.03 Å². The molecule has 66 valence electrons. The first-order valence-corrected chi connectivity index (χ1v) is 6.12. The second-order valence-electron chi connectivity index (χ2n) is 2.57. The van der Waals surface area contributed by atoms with Crippen molar-refractivity contribution in [2.24, 2.45) is 0 Å². The number of halogens is 2. The second-order valence-corrected chi connectivity index (χ2v) is 4.49. The third kappa shape index (κ3) is 2.06. The maximum atomic E-state index is 2.45. The molecule has 1 aliphatic heterocycles. The van der Waals surface area contributed by atoms with E-state index >= 15 is 0 Å². The lowest BCUT2D eigenvalue weighted by Crippen LogP contribution is -3.00. The standard InChI is InChI=1S/C8H9INS.HI/c9-5-7-6-11-8-3-1-2-4-10(7)8;/h1-4,7H,5-6H2;1H/q+1;/p-1. The van der Waals surface area contributed by atoms with Crippen LogP contribution < -0.4 is 28.5 Å². The Balaban J connectivity index is 0.000000720. The molecule has 0 fully saturated rings. The largest absolute Gasteiger partial charge is 1.00 e. The Kier molecular flexibility index (Phi) is 4.59. The van der Waals surface area contributed by atoms with Crippen molar-refractivity contribution < 1.29 is 28.5 Å². The first kappa shape index (κ1) is 11.0. The first-order chi connectivity index (χ1) is 5.42. The summed E-state index contributed by atoms with van der Waals surface area (Å²) in [5, 5.41) is 1.41. The van der Waals surface area contributed by atoms with Gasteiger partial charge in [-0.25, -0.2) is 0 Å². The number of hydrogen-bond donors (Lipinski definition) is 0. The molecule has 1 nitrogen and oxygen atoms in total. The van der Waals surface area contributed by atoms with Crippen LogP contribution in [0.15, 0.2) is 29.4 Å². The van der Waals surface area contributed by atoms with Gasteiger partial charge < -0.3 is 24.0 Å². The van der Waals surface area contributed by atoms with Crippen molar-refractivity contribution in [2.45, 2.75) is 11.1 Å². The van der Waals surface area contributed by atoms with Crippen LogP contribution in [0.2, 0.25) is 0 Å². The first-order valence-electron chi connectivity index (χ1n) is 3.61. The lowest BCUT2D eigenvalue weighted by Gasteiger charge is -1.98. The van der Waals surface area contributed by atoms with Crippen molar-refractivity contribution in [3.8, 4) is 0 Å². The molecule has 1 aromatic rings. The van der Waals surface area contributed by atoms with Gasteiger partial charge in [-0.15, -0.1) is 0 Å². The van der Waals surface area contributed by atoms with Crippen LogP contribution in [0.4, 0.5) is 0 Å². The van der Waals surface area contributed by atoms with Gasteiger partial charge in [0.05, 0.1) is 10.2 Å². The van der Waals surface area contributed by atoms with Crippen LogP contribution in [0.1, 0.15) is 6.04 Å². The molecule has 0 saturated heterocycles. The van der Waals surface area contributed by atoms with E-state index in [0.717, 1.165) is 6.04 Å². The normalized spacial score (nSPS) is 19.9. The number of rotatable bonds is 1. The van der Waals surface area contributed by atoms with E-state index in [1.165, 1.54) is 15.2 Å². The maximum absolute atomic E-state index is 2.45. The highest BCUT2D eigenvalue weighted by molar-refractivity contribution is 14.1. The Bertz CT molecular complexity index is 267. The molecule has 0 amide bonds. The summed E-state index contributed by atoms with van der Waals surface area (Å²) in [6.45, 7) is 0. The summed E-state index contributed by atoms with van der Waals surface area (Å²) in [6, 6.07) is 7.12. The van der Waals surface area contributed by atoms with Crippen molar-refractivity contribution in [2.75, 3.05) is 10.2 Å². The smallest absolute Gasteiger partial charge is 0.240 e. The molecule has 1 unspecified atom stereocenters. The highest BCUT2D eigenvalue weighted by Gasteiger charge is 2.28. The Hall–Kier alpha value is 0.960. The number of nitrogens with zero attached hydrogens (tertiary/aromatic N) is 1. The Morgan fingerprint density at radius 1 is 1.58 bits per heavy atom. The molecule has 0 N–H and O–H groups in total. The van der Waals surface area contributed by atoms with Crippen LogP contribution in [0, 0.1) is 0 Å². The van der Waals surface area contributed by atoms with E-state index < -0.39 is 0 Å². The topological polar surface area (TPSA) is 3.88 Å². The predicted molar refractivity (Wildman–Crippen MR) is 55.3 cm³/mol. The average Bonchev–Trinajstić information content (AvgIpc) is 2.47. The lowest BCUT2D eigenvalue weighted by molar-refractivity contribution is -0.742. The molecule has 4 heteroatoms. The van der Waals surface area contributed by atoms with Crippen molar-refractivity contribution in [1.82, 2.24) is 0 Å². The molecule has 0 aliphatic carbocycles. The van der Waals surface area contributed by atoms with Crippen molar-refractivity contribution in [3.05, 3.63) is 24.4 Å². The monoisotopic (exact) mass is 405 g/mol. The third-order valence-corrected chi connectivity index (χ3v) is 4.06. The summed E-state index contributed by atoms with van der Waals surface area (Å²) in [6.07, 6.45) is 2.18. The molecule has 0 saturated carbocycles. The van der Waals surface area contributed by atoms with Gasteiger partial charge >= 0.3 is 0 Å². The third-order valence-electron chi connectivity index (χ3n) is 1.85. The summed E-state index contributed by atoms with van der Waals surface area (Å²) >= 11 is 4.41. The van der Waals surface area contributed by atoms with E-state index in [9.17, 15) is 0 Å². The predicted octanol–water partition coefficient (Wildman–Crippen LogP) is -0.940. The lowest BCUT2D eigenvalue weighted by atomic mass is 10.3. The van der Waals surface area contributed by atoms with E-state index in [0.29, 0.717) is 0 Å². The summed E-state index contributed by atoms with van der Waals surface area (Å²) < 4.78 is 3.59. The zero-order valence-electron chi connectivity index (χ0n) is 6.41. The molecule has 0 bridgehead atoms. The molecule has 1 atom stereocenters. The van der Waals surface area contributed by atoms with Gasteiger partial charge in [0.1, 0.15) is 0 Å². The number of aromatic nitrogens is 1. The van der Waals surface area contributed by atoms with E-state index in [1.54, 1.807) is 0 Å². The number of thioether (sulfide) groups is 1. The number of alkyl halides is 1. The minimum absolute atomic E-state index is 0. The molecule has 12 heavy (non-hydrogen) atoms.